The molecule has 1 unspecified atom stereocenters. The summed E-state index contributed by atoms with van der Waals surface area (Å²) in [6, 6.07) is 14.8. The Kier molecular flexibility index (Phi) is 3.61. The van der Waals surface area contributed by atoms with Crippen molar-refractivity contribution in [3.63, 3.8) is 0 Å². The first-order valence-electron chi connectivity index (χ1n) is 6.86. The van der Waals surface area contributed by atoms with Crippen LogP contribution in [0.25, 0.3) is 0 Å². The number of nitrogens with one attached hydrogen (secondary N) is 1. The van der Waals surface area contributed by atoms with E-state index in [1.165, 1.54) is 16.7 Å². The van der Waals surface area contributed by atoms with Gasteiger partial charge >= 0.3 is 0 Å². The van der Waals surface area contributed by atoms with Gasteiger partial charge in [0.05, 0.1) is 20.3 Å². The summed E-state index contributed by atoms with van der Waals surface area (Å²) in [6.45, 7) is 0.974. The Balaban J connectivity index is 2.00. The molecule has 0 saturated carbocycles. The van der Waals surface area contributed by atoms with Crippen LogP contribution in [0.15, 0.2) is 42.5 Å². The largest absolute Gasteiger partial charge is 0.497 e. The van der Waals surface area contributed by atoms with Crippen molar-refractivity contribution in [2.75, 3.05) is 20.8 Å². The highest BCUT2D eigenvalue weighted by atomic mass is 16.5. The summed E-state index contributed by atoms with van der Waals surface area (Å²) >= 11 is 0. The summed E-state index contributed by atoms with van der Waals surface area (Å²) in [5.74, 6) is 1.82. The van der Waals surface area contributed by atoms with Crippen LogP contribution in [0.5, 0.6) is 11.5 Å². The molecule has 0 amide bonds. The predicted octanol–water partition coefficient (Wildman–Crippen LogP) is 2.94. The standard InChI is InChI=1S/C17H19NO2/c1-19-14-5-3-4-13(11-14)17-16-7-6-15(20-2)10-12(16)8-9-18-17/h3-7,10-11,17-18H,8-9H2,1-2H3. The molecule has 20 heavy (non-hydrogen) atoms. The van der Waals surface area contributed by atoms with Crippen molar-refractivity contribution in [3.8, 4) is 11.5 Å². The molecule has 0 saturated heterocycles. The molecule has 0 aliphatic carbocycles. The van der Waals surface area contributed by atoms with Crippen LogP contribution in [0, 0.1) is 0 Å². The Morgan fingerprint density at radius 1 is 1.00 bits per heavy atom. The second-order valence-electron chi connectivity index (χ2n) is 4.98. The Morgan fingerprint density at radius 2 is 1.80 bits per heavy atom. The van der Waals surface area contributed by atoms with Crippen molar-refractivity contribution in [2.24, 2.45) is 0 Å². The van der Waals surface area contributed by atoms with Crippen molar-refractivity contribution in [2.45, 2.75) is 12.5 Å². The minimum Gasteiger partial charge on any atom is -0.497 e. The fourth-order valence-corrected chi connectivity index (χ4v) is 2.79. The summed E-state index contributed by atoms with van der Waals surface area (Å²) < 4.78 is 10.6. The highest BCUT2D eigenvalue weighted by Gasteiger charge is 2.21. The lowest BCUT2D eigenvalue weighted by atomic mass is 9.89. The summed E-state index contributed by atoms with van der Waals surface area (Å²) in [4.78, 5) is 0. The molecule has 104 valence electrons. The predicted molar refractivity (Wildman–Crippen MR) is 79.5 cm³/mol. The third kappa shape index (κ3) is 2.37. The van der Waals surface area contributed by atoms with Gasteiger partial charge in [0.25, 0.3) is 0 Å². The quantitative estimate of drug-likeness (QED) is 0.929. The van der Waals surface area contributed by atoms with Crippen LogP contribution >= 0.6 is 0 Å². The van der Waals surface area contributed by atoms with E-state index in [2.05, 4.69) is 29.6 Å². The summed E-state index contributed by atoms with van der Waals surface area (Å²) in [5.41, 5.74) is 3.91. The van der Waals surface area contributed by atoms with Gasteiger partial charge in [-0.1, -0.05) is 18.2 Å². The first-order chi connectivity index (χ1) is 9.81. The first-order valence-corrected chi connectivity index (χ1v) is 6.86. The maximum atomic E-state index is 5.32. The van der Waals surface area contributed by atoms with E-state index in [1.54, 1.807) is 14.2 Å². The molecule has 0 aromatic heterocycles. The van der Waals surface area contributed by atoms with Crippen LogP contribution in [0.4, 0.5) is 0 Å². The highest BCUT2D eigenvalue weighted by Crippen LogP contribution is 2.32. The maximum Gasteiger partial charge on any atom is 0.119 e. The maximum absolute atomic E-state index is 5.32. The molecular weight excluding hydrogens is 250 g/mol. The van der Waals surface area contributed by atoms with Crippen LogP contribution < -0.4 is 14.8 Å². The van der Waals surface area contributed by atoms with Crippen LogP contribution in [0.2, 0.25) is 0 Å². The van der Waals surface area contributed by atoms with E-state index in [0.717, 1.165) is 24.5 Å². The van der Waals surface area contributed by atoms with Gasteiger partial charge in [-0.15, -0.1) is 0 Å². The van der Waals surface area contributed by atoms with Crippen LogP contribution in [-0.4, -0.2) is 20.8 Å². The second kappa shape index (κ2) is 5.55. The molecule has 3 rings (SSSR count). The number of hydrogen-bond acceptors (Lipinski definition) is 3. The van der Waals surface area contributed by atoms with Crippen molar-refractivity contribution in [3.05, 3.63) is 59.2 Å². The third-order valence-corrected chi connectivity index (χ3v) is 3.83. The summed E-state index contributed by atoms with van der Waals surface area (Å²) in [6.07, 6.45) is 1.03. The van der Waals surface area contributed by atoms with Gasteiger partial charge in [0.15, 0.2) is 0 Å². The zero-order valence-electron chi connectivity index (χ0n) is 11.8. The topological polar surface area (TPSA) is 30.5 Å². The van der Waals surface area contributed by atoms with Crippen molar-refractivity contribution in [1.82, 2.24) is 5.32 Å². The van der Waals surface area contributed by atoms with Gasteiger partial charge < -0.3 is 14.8 Å². The molecule has 1 heterocycles. The molecular formula is C17H19NO2. The molecule has 3 heteroatoms. The van der Waals surface area contributed by atoms with Crippen LogP contribution in [0.1, 0.15) is 22.7 Å². The Morgan fingerprint density at radius 3 is 2.60 bits per heavy atom. The Bertz CT molecular complexity index is 610. The Hall–Kier alpha value is -2.00. The lowest BCUT2D eigenvalue weighted by Gasteiger charge is -2.28. The van der Waals surface area contributed by atoms with Crippen molar-refractivity contribution >= 4 is 0 Å². The zero-order valence-corrected chi connectivity index (χ0v) is 11.8. The van der Waals surface area contributed by atoms with Crippen LogP contribution in [-0.2, 0) is 6.42 Å². The summed E-state index contributed by atoms with van der Waals surface area (Å²) in [7, 11) is 3.41. The zero-order chi connectivity index (χ0) is 13.9. The van der Waals surface area contributed by atoms with E-state index >= 15 is 0 Å². The van der Waals surface area contributed by atoms with E-state index in [4.69, 9.17) is 9.47 Å². The molecule has 1 aliphatic heterocycles. The number of benzene rings is 2. The number of rotatable bonds is 3. The lowest BCUT2D eigenvalue weighted by molar-refractivity contribution is 0.411. The number of methoxy groups -OCH3 is 2. The molecule has 1 aliphatic rings. The normalized spacial score (nSPS) is 17.4. The van der Waals surface area contributed by atoms with Gasteiger partial charge in [-0.05, 0) is 47.4 Å². The van der Waals surface area contributed by atoms with Gasteiger partial charge in [-0.2, -0.15) is 0 Å². The van der Waals surface area contributed by atoms with Gasteiger partial charge in [-0.25, -0.2) is 0 Å². The number of fused-ring (bicyclic) bond motifs is 1. The molecule has 2 aromatic carbocycles. The molecule has 0 spiro atoms. The fourth-order valence-electron chi connectivity index (χ4n) is 2.79. The second-order valence-corrected chi connectivity index (χ2v) is 4.98. The molecule has 2 aromatic rings. The molecule has 0 fully saturated rings. The van der Waals surface area contributed by atoms with E-state index in [-0.39, 0.29) is 6.04 Å². The minimum absolute atomic E-state index is 0.222. The van der Waals surface area contributed by atoms with Gasteiger partial charge in [0.2, 0.25) is 0 Å². The molecule has 0 bridgehead atoms. The SMILES string of the molecule is COc1cccc(C2NCCc3cc(OC)ccc32)c1. The van der Waals surface area contributed by atoms with Gasteiger partial charge in [0.1, 0.15) is 11.5 Å². The van der Waals surface area contributed by atoms with Gasteiger partial charge in [0, 0.05) is 6.54 Å². The van der Waals surface area contributed by atoms with Crippen LogP contribution in [0.3, 0.4) is 0 Å². The lowest BCUT2D eigenvalue weighted by Crippen LogP contribution is -2.30. The fraction of sp³-hybridized carbons (Fsp3) is 0.294. The smallest absolute Gasteiger partial charge is 0.119 e. The highest BCUT2D eigenvalue weighted by molar-refractivity contribution is 5.44. The van der Waals surface area contributed by atoms with Gasteiger partial charge in [-0.3, -0.25) is 0 Å². The Labute approximate surface area is 119 Å². The molecule has 3 nitrogen and oxygen atoms in total. The molecule has 0 radical (unpaired) electrons. The monoisotopic (exact) mass is 269 g/mol. The minimum atomic E-state index is 0.222. The third-order valence-electron chi connectivity index (χ3n) is 3.83. The van der Waals surface area contributed by atoms with E-state index in [0.29, 0.717) is 0 Å². The molecule has 1 N–H and O–H groups in total. The number of hydrogen-bond donors (Lipinski definition) is 1. The van der Waals surface area contributed by atoms with Crippen molar-refractivity contribution < 1.29 is 9.47 Å². The van der Waals surface area contributed by atoms with E-state index < -0.39 is 0 Å². The van der Waals surface area contributed by atoms with E-state index in [9.17, 15) is 0 Å². The molecule has 1 atom stereocenters. The summed E-state index contributed by atoms with van der Waals surface area (Å²) in [5, 5.41) is 3.58. The average molecular weight is 269 g/mol. The number of ether oxygens (including phenoxy) is 2. The average Bonchev–Trinajstić information content (AvgIpc) is 2.53. The van der Waals surface area contributed by atoms with E-state index in [1.807, 2.05) is 18.2 Å². The van der Waals surface area contributed by atoms with Crippen molar-refractivity contribution in [1.29, 1.82) is 0 Å². The first kappa shape index (κ1) is 13.0.